The Morgan fingerprint density at radius 1 is 1.45 bits per heavy atom. The van der Waals surface area contributed by atoms with E-state index in [-0.39, 0.29) is 0 Å². The van der Waals surface area contributed by atoms with Gasteiger partial charge in [-0.1, -0.05) is 24.6 Å². The highest BCUT2D eigenvalue weighted by Gasteiger charge is 2.00. The van der Waals surface area contributed by atoms with Crippen molar-refractivity contribution in [1.82, 2.24) is 0 Å². The first kappa shape index (κ1) is 8.18. The van der Waals surface area contributed by atoms with Gasteiger partial charge in [0, 0.05) is 0 Å². The average molecular weight is 148 g/mol. The van der Waals surface area contributed by atoms with Gasteiger partial charge >= 0.3 is 0 Å². The third-order valence-corrected chi connectivity index (χ3v) is 2.00. The van der Waals surface area contributed by atoms with Crippen LogP contribution < -0.4 is 10.2 Å². The molecule has 0 aliphatic heterocycles. The Bertz CT molecular complexity index is 223. The smallest absolute Gasteiger partial charge is 0.144 e. The van der Waals surface area contributed by atoms with Gasteiger partial charge in [-0.25, -0.2) is 0 Å². The van der Waals surface area contributed by atoms with E-state index in [4.69, 9.17) is 4.74 Å². The summed E-state index contributed by atoms with van der Waals surface area (Å²) in [5, 5.41) is 0. The van der Waals surface area contributed by atoms with Gasteiger partial charge in [-0.15, -0.1) is 0 Å². The topological polar surface area (TPSA) is 9.23 Å². The molecule has 0 saturated carbocycles. The molecule has 11 heavy (non-hydrogen) atoms. The van der Waals surface area contributed by atoms with E-state index in [0.717, 1.165) is 12.2 Å². The van der Waals surface area contributed by atoms with Crippen LogP contribution in [0.5, 0.6) is 5.75 Å². The predicted octanol–water partition coefficient (Wildman–Crippen LogP) is 0.516. The lowest BCUT2D eigenvalue weighted by Gasteiger charge is -2.07. The van der Waals surface area contributed by atoms with Gasteiger partial charge < -0.3 is 4.74 Å². The third kappa shape index (κ3) is 1.56. The fourth-order valence-corrected chi connectivity index (χ4v) is 1.26. The summed E-state index contributed by atoms with van der Waals surface area (Å²) >= 11 is 0. The highest BCUT2D eigenvalue weighted by molar-refractivity contribution is 6.35. The SMILES string of the molecule is Bc1c(CC)cccc1OC. The number of benzene rings is 1. The van der Waals surface area contributed by atoms with Gasteiger partial charge in [-0.3, -0.25) is 0 Å². The molecular formula is C9H13BO. The molecule has 0 atom stereocenters. The largest absolute Gasteiger partial charge is 0.497 e. The molecule has 58 valence electrons. The van der Waals surface area contributed by atoms with Crippen molar-refractivity contribution >= 4 is 13.3 Å². The normalized spacial score (nSPS) is 9.64. The number of hydrogen-bond donors (Lipinski definition) is 0. The van der Waals surface area contributed by atoms with E-state index >= 15 is 0 Å². The van der Waals surface area contributed by atoms with Gasteiger partial charge in [0.15, 0.2) is 0 Å². The van der Waals surface area contributed by atoms with E-state index in [9.17, 15) is 0 Å². The minimum atomic E-state index is 0.990. The standard InChI is InChI=1S/C9H13BO/c1-3-7-5-4-6-8(11-2)9(7)10/h4-6H,3,10H2,1-2H3. The van der Waals surface area contributed by atoms with Crippen molar-refractivity contribution in [3.05, 3.63) is 23.8 Å². The zero-order valence-electron chi connectivity index (χ0n) is 7.35. The molecule has 0 spiro atoms. The summed E-state index contributed by atoms with van der Waals surface area (Å²) in [6.45, 7) is 2.15. The highest BCUT2D eigenvalue weighted by Crippen LogP contribution is 2.08. The summed E-state index contributed by atoms with van der Waals surface area (Å²) in [6.07, 6.45) is 1.07. The van der Waals surface area contributed by atoms with Crippen LogP contribution in [0, 0.1) is 0 Å². The Kier molecular flexibility index (Phi) is 2.58. The highest BCUT2D eigenvalue weighted by atomic mass is 16.5. The van der Waals surface area contributed by atoms with Gasteiger partial charge in [-0.2, -0.15) is 0 Å². The molecule has 0 aliphatic rings. The van der Waals surface area contributed by atoms with Crippen molar-refractivity contribution in [2.45, 2.75) is 13.3 Å². The Hall–Kier alpha value is -0.915. The summed E-state index contributed by atoms with van der Waals surface area (Å²) in [5.41, 5.74) is 2.63. The van der Waals surface area contributed by atoms with Crippen LogP contribution in [0.25, 0.3) is 0 Å². The zero-order valence-corrected chi connectivity index (χ0v) is 7.35. The third-order valence-electron chi connectivity index (χ3n) is 2.00. The monoisotopic (exact) mass is 148 g/mol. The van der Waals surface area contributed by atoms with Gasteiger partial charge in [0.05, 0.1) is 7.11 Å². The van der Waals surface area contributed by atoms with Crippen LogP contribution in [0.2, 0.25) is 0 Å². The molecule has 0 amide bonds. The molecule has 0 aromatic heterocycles. The lowest BCUT2D eigenvalue weighted by Crippen LogP contribution is -2.12. The maximum Gasteiger partial charge on any atom is 0.144 e. The number of hydrogen-bond acceptors (Lipinski definition) is 1. The van der Waals surface area contributed by atoms with Crippen molar-refractivity contribution in [2.75, 3.05) is 7.11 Å². The molecule has 1 nitrogen and oxygen atoms in total. The van der Waals surface area contributed by atoms with E-state index in [0.29, 0.717) is 0 Å². The molecule has 1 rings (SSSR count). The summed E-state index contributed by atoms with van der Waals surface area (Å²) in [6, 6.07) is 6.16. The molecule has 1 aromatic carbocycles. The van der Waals surface area contributed by atoms with Crippen molar-refractivity contribution < 1.29 is 4.74 Å². The minimum Gasteiger partial charge on any atom is -0.497 e. The van der Waals surface area contributed by atoms with Crippen LogP contribution in [0.1, 0.15) is 12.5 Å². The molecule has 0 bridgehead atoms. The second-order valence-corrected chi connectivity index (χ2v) is 2.60. The molecule has 2 heteroatoms. The Morgan fingerprint density at radius 2 is 2.18 bits per heavy atom. The number of rotatable bonds is 2. The van der Waals surface area contributed by atoms with Gasteiger partial charge in [0.25, 0.3) is 0 Å². The second kappa shape index (κ2) is 3.47. The van der Waals surface area contributed by atoms with E-state index in [1.807, 2.05) is 12.1 Å². The molecule has 0 fully saturated rings. The lowest BCUT2D eigenvalue weighted by atomic mass is 9.88. The van der Waals surface area contributed by atoms with Crippen LogP contribution in [0.3, 0.4) is 0 Å². The van der Waals surface area contributed by atoms with E-state index < -0.39 is 0 Å². The quantitative estimate of drug-likeness (QED) is 0.555. The van der Waals surface area contributed by atoms with E-state index in [2.05, 4.69) is 20.8 Å². The Balaban J connectivity index is 3.10. The molecule has 0 radical (unpaired) electrons. The van der Waals surface area contributed by atoms with E-state index in [1.54, 1.807) is 7.11 Å². The first-order chi connectivity index (χ1) is 5.29. The fraction of sp³-hybridized carbons (Fsp3) is 0.333. The minimum absolute atomic E-state index is 0.990. The maximum atomic E-state index is 5.19. The Labute approximate surface area is 68.8 Å². The van der Waals surface area contributed by atoms with Crippen LogP contribution in [0.4, 0.5) is 0 Å². The zero-order chi connectivity index (χ0) is 8.27. The van der Waals surface area contributed by atoms with Gasteiger partial charge in [0.1, 0.15) is 13.6 Å². The van der Waals surface area contributed by atoms with Crippen molar-refractivity contribution in [1.29, 1.82) is 0 Å². The van der Waals surface area contributed by atoms with Gasteiger partial charge in [0.2, 0.25) is 0 Å². The first-order valence-electron chi connectivity index (χ1n) is 3.92. The lowest BCUT2D eigenvalue weighted by molar-refractivity contribution is 0.418. The molecule has 0 aliphatic carbocycles. The first-order valence-corrected chi connectivity index (χ1v) is 3.92. The van der Waals surface area contributed by atoms with Crippen LogP contribution in [-0.2, 0) is 6.42 Å². The molecule has 0 heterocycles. The summed E-state index contributed by atoms with van der Waals surface area (Å²) in [7, 11) is 3.80. The number of aryl methyl sites for hydroxylation is 1. The van der Waals surface area contributed by atoms with Crippen molar-refractivity contribution in [3.63, 3.8) is 0 Å². The predicted molar refractivity (Wildman–Crippen MR) is 50.6 cm³/mol. The molecule has 0 unspecified atom stereocenters. The fourth-order valence-electron chi connectivity index (χ4n) is 1.26. The van der Waals surface area contributed by atoms with E-state index in [1.165, 1.54) is 11.0 Å². The molecule has 0 saturated heterocycles. The molecule has 0 N–H and O–H groups in total. The van der Waals surface area contributed by atoms with Crippen LogP contribution >= 0.6 is 0 Å². The van der Waals surface area contributed by atoms with Crippen LogP contribution in [-0.4, -0.2) is 15.0 Å². The molecular weight excluding hydrogens is 135 g/mol. The van der Waals surface area contributed by atoms with Crippen molar-refractivity contribution in [3.8, 4) is 5.75 Å². The summed E-state index contributed by atoms with van der Waals surface area (Å²) < 4.78 is 5.19. The Morgan fingerprint density at radius 3 is 2.73 bits per heavy atom. The molecule has 1 aromatic rings. The van der Waals surface area contributed by atoms with Crippen molar-refractivity contribution in [2.24, 2.45) is 0 Å². The number of ether oxygens (including phenoxy) is 1. The number of methoxy groups -OCH3 is 1. The van der Waals surface area contributed by atoms with Gasteiger partial charge in [-0.05, 0) is 17.9 Å². The maximum absolute atomic E-state index is 5.19. The second-order valence-electron chi connectivity index (χ2n) is 2.60. The summed E-state index contributed by atoms with van der Waals surface area (Å²) in [5.74, 6) is 0.990. The summed E-state index contributed by atoms with van der Waals surface area (Å²) in [4.78, 5) is 0. The van der Waals surface area contributed by atoms with Crippen LogP contribution in [0.15, 0.2) is 18.2 Å². The average Bonchev–Trinajstić information content (AvgIpc) is 2.05.